The molecule has 0 atom stereocenters. The zero-order valence-corrected chi connectivity index (χ0v) is 16.3. The molecule has 1 aromatic carbocycles. The summed E-state index contributed by atoms with van der Waals surface area (Å²) in [5, 5.41) is 12.2. The Morgan fingerprint density at radius 3 is 2.93 bits per heavy atom. The van der Waals surface area contributed by atoms with Crippen molar-refractivity contribution in [3.63, 3.8) is 0 Å². The van der Waals surface area contributed by atoms with Crippen molar-refractivity contribution in [2.45, 2.75) is 38.4 Å². The molecule has 0 spiro atoms. The van der Waals surface area contributed by atoms with Crippen LogP contribution in [0.4, 0.5) is 0 Å². The van der Waals surface area contributed by atoms with Crippen LogP contribution < -0.4 is 10.2 Å². The number of aryl methyl sites for hydroxylation is 1. The Kier molecular flexibility index (Phi) is 4.34. The summed E-state index contributed by atoms with van der Waals surface area (Å²) in [5.74, 6) is 2.78. The predicted octanol–water partition coefficient (Wildman–Crippen LogP) is 1.67. The molecule has 0 aliphatic carbocycles. The third-order valence-electron chi connectivity index (χ3n) is 5.87. The maximum atomic E-state index is 11.8. The molecule has 27 heavy (non-hydrogen) atoms. The Hall–Kier alpha value is -2.03. The van der Waals surface area contributed by atoms with Crippen molar-refractivity contribution in [2.75, 3.05) is 19.6 Å². The molecule has 8 heteroatoms. The van der Waals surface area contributed by atoms with E-state index in [1.54, 1.807) is 4.57 Å². The van der Waals surface area contributed by atoms with E-state index in [-0.39, 0.29) is 4.87 Å². The number of benzene rings is 1. The molecule has 5 rings (SSSR count). The summed E-state index contributed by atoms with van der Waals surface area (Å²) in [5.41, 5.74) is 2.31. The number of hydrogen-bond acceptors (Lipinski definition) is 6. The number of nitrogens with one attached hydrogen (secondary N) is 1. The molecule has 142 valence electrons. The first-order chi connectivity index (χ1) is 13.2. The summed E-state index contributed by atoms with van der Waals surface area (Å²) >= 11 is 1.33. The van der Waals surface area contributed by atoms with Crippen LogP contribution in [0.25, 0.3) is 10.2 Å². The van der Waals surface area contributed by atoms with Gasteiger partial charge in [-0.25, -0.2) is 0 Å². The van der Waals surface area contributed by atoms with E-state index in [0.717, 1.165) is 68.2 Å². The van der Waals surface area contributed by atoms with E-state index in [4.69, 9.17) is 0 Å². The second-order valence-electron chi connectivity index (χ2n) is 7.58. The summed E-state index contributed by atoms with van der Waals surface area (Å²) in [6.45, 7) is 5.92. The number of fused-ring (bicyclic) bond motifs is 2. The minimum atomic E-state index is 0.106. The summed E-state index contributed by atoms with van der Waals surface area (Å²) in [6.07, 6.45) is 2.26. The molecule has 2 aromatic heterocycles. The van der Waals surface area contributed by atoms with Gasteiger partial charge in [0.1, 0.15) is 11.6 Å². The van der Waals surface area contributed by atoms with Crippen molar-refractivity contribution in [3.05, 3.63) is 45.1 Å². The molecular weight excluding hydrogens is 360 g/mol. The fourth-order valence-corrected chi connectivity index (χ4v) is 5.24. The maximum Gasteiger partial charge on any atom is 0.307 e. The van der Waals surface area contributed by atoms with Crippen molar-refractivity contribution < 1.29 is 0 Å². The average molecular weight is 385 g/mol. The van der Waals surface area contributed by atoms with E-state index in [0.29, 0.717) is 5.92 Å². The molecule has 0 bridgehead atoms. The van der Waals surface area contributed by atoms with E-state index in [2.05, 4.69) is 43.2 Å². The molecule has 2 aliphatic heterocycles. The first-order valence-electron chi connectivity index (χ1n) is 9.62. The minimum Gasteiger partial charge on any atom is -0.312 e. The smallest absolute Gasteiger partial charge is 0.307 e. The third-order valence-corrected chi connectivity index (χ3v) is 6.86. The molecule has 7 nitrogen and oxygen atoms in total. The Morgan fingerprint density at radius 2 is 2.07 bits per heavy atom. The highest BCUT2D eigenvalue weighted by molar-refractivity contribution is 7.16. The Bertz CT molecular complexity index is 1030. The number of rotatable bonds is 3. The van der Waals surface area contributed by atoms with E-state index in [1.807, 2.05) is 7.05 Å². The molecule has 4 heterocycles. The van der Waals surface area contributed by atoms with Crippen LogP contribution in [0.3, 0.4) is 0 Å². The first kappa shape index (κ1) is 17.1. The van der Waals surface area contributed by atoms with Gasteiger partial charge in [-0.1, -0.05) is 17.4 Å². The van der Waals surface area contributed by atoms with Crippen molar-refractivity contribution in [3.8, 4) is 0 Å². The van der Waals surface area contributed by atoms with Gasteiger partial charge in [-0.2, -0.15) is 0 Å². The molecule has 1 saturated heterocycles. The molecule has 0 amide bonds. The zero-order chi connectivity index (χ0) is 18.4. The number of piperidine rings is 1. The van der Waals surface area contributed by atoms with Crippen molar-refractivity contribution in [1.82, 2.24) is 29.5 Å². The topological polar surface area (TPSA) is 68.0 Å². The average Bonchev–Trinajstić information content (AvgIpc) is 3.24. The van der Waals surface area contributed by atoms with Crippen LogP contribution in [-0.4, -0.2) is 43.9 Å². The van der Waals surface area contributed by atoms with Gasteiger partial charge in [0.05, 0.1) is 16.8 Å². The lowest BCUT2D eigenvalue weighted by Gasteiger charge is -2.32. The summed E-state index contributed by atoms with van der Waals surface area (Å²) in [7, 11) is 1.84. The Morgan fingerprint density at radius 1 is 1.22 bits per heavy atom. The number of hydrogen-bond donors (Lipinski definition) is 1. The van der Waals surface area contributed by atoms with Gasteiger partial charge in [0.15, 0.2) is 0 Å². The fourth-order valence-electron chi connectivity index (χ4n) is 4.30. The van der Waals surface area contributed by atoms with Crippen LogP contribution in [0.15, 0.2) is 23.0 Å². The number of aromatic nitrogens is 4. The second kappa shape index (κ2) is 6.85. The lowest BCUT2D eigenvalue weighted by Crippen LogP contribution is -2.34. The Balaban J connectivity index is 1.26. The predicted molar refractivity (Wildman–Crippen MR) is 106 cm³/mol. The molecule has 2 aliphatic rings. The van der Waals surface area contributed by atoms with Crippen molar-refractivity contribution in [2.24, 2.45) is 7.05 Å². The number of nitrogens with zero attached hydrogens (tertiary/aromatic N) is 5. The molecule has 0 radical (unpaired) electrons. The largest absolute Gasteiger partial charge is 0.312 e. The fraction of sp³-hybridized carbons (Fsp3) is 0.526. The lowest BCUT2D eigenvalue weighted by atomic mass is 9.95. The molecule has 0 unspecified atom stereocenters. The van der Waals surface area contributed by atoms with Crippen LogP contribution in [0.1, 0.15) is 36.0 Å². The van der Waals surface area contributed by atoms with Crippen LogP contribution in [0, 0.1) is 0 Å². The van der Waals surface area contributed by atoms with E-state index in [9.17, 15) is 4.79 Å². The van der Waals surface area contributed by atoms with Crippen LogP contribution in [0.5, 0.6) is 0 Å². The third kappa shape index (κ3) is 3.11. The highest BCUT2D eigenvalue weighted by atomic mass is 32.1. The normalized spacial score (nSPS) is 18.9. The molecule has 0 saturated carbocycles. The van der Waals surface area contributed by atoms with Crippen LogP contribution in [0.2, 0.25) is 0 Å². The Labute approximate surface area is 161 Å². The van der Waals surface area contributed by atoms with Crippen LogP contribution >= 0.6 is 11.3 Å². The maximum absolute atomic E-state index is 11.8. The number of thiazole rings is 1. The van der Waals surface area contributed by atoms with Crippen molar-refractivity contribution in [1.29, 1.82) is 0 Å². The molecular formula is C19H24N6OS. The van der Waals surface area contributed by atoms with Gasteiger partial charge in [0.25, 0.3) is 0 Å². The second-order valence-corrected chi connectivity index (χ2v) is 8.58. The monoisotopic (exact) mass is 384 g/mol. The van der Waals surface area contributed by atoms with Gasteiger partial charge in [-0.05, 0) is 43.6 Å². The van der Waals surface area contributed by atoms with E-state index in [1.165, 1.54) is 22.7 Å². The van der Waals surface area contributed by atoms with Gasteiger partial charge in [-0.3, -0.25) is 9.69 Å². The zero-order valence-electron chi connectivity index (χ0n) is 15.5. The van der Waals surface area contributed by atoms with Crippen LogP contribution in [-0.2, 0) is 26.7 Å². The summed E-state index contributed by atoms with van der Waals surface area (Å²) in [4.78, 5) is 14.5. The number of likely N-dealkylation sites (tertiary alicyclic amines) is 1. The van der Waals surface area contributed by atoms with E-state index < -0.39 is 0 Å². The highest BCUT2D eigenvalue weighted by Crippen LogP contribution is 2.29. The highest BCUT2D eigenvalue weighted by Gasteiger charge is 2.27. The summed E-state index contributed by atoms with van der Waals surface area (Å²) in [6, 6.07) is 6.41. The quantitative estimate of drug-likeness (QED) is 0.744. The van der Waals surface area contributed by atoms with E-state index >= 15 is 0 Å². The van der Waals surface area contributed by atoms with Gasteiger partial charge < -0.3 is 14.5 Å². The van der Waals surface area contributed by atoms with Gasteiger partial charge >= 0.3 is 4.87 Å². The SMILES string of the molecule is Cn1c(=O)sc2cc(CN3CCC(c4nnc5n4CCNC5)CC3)ccc21. The lowest BCUT2D eigenvalue weighted by molar-refractivity contribution is 0.199. The molecule has 1 N–H and O–H groups in total. The van der Waals surface area contributed by atoms with Gasteiger partial charge in [0, 0.05) is 32.6 Å². The first-order valence-corrected chi connectivity index (χ1v) is 10.4. The molecule has 1 fully saturated rings. The van der Waals surface area contributed by atoms with Gasteiger partial charge in [-0.15, -0.1) is 10.2 Å². The summed E-state index contributed by atoms with van der Waals surface area (Å²) < 4.78 is 5.13. The van der Waals surface area contributed by atoms with Gasteiger partial charge in [0.2, 0.25) is 0 Å². The van der Waals surface area contributed by atoms with Crippen molar-refractivity contribution >= 4 is 21.6 Å². The standard InChI is InChI=1S/C19H24N6OS/c1-23-15-3-2-13(10-16(15)27-19(23)26)12-24-7-4-14(5-8-24)18-22-21-17-11-20-6-9-25(17)18/h2-3,10,14,20H,4-9,11-12H2,1H3. The molecule has 3 aromatic rings. The minimum absolute atomic E-state index is 0.106.